The van der Waals surface area contributed by atoms with E-state index in [1.54, 1.807) is 6.07 Å². The van der Waals surface area contributed by atoms with Gasteiger partial charge in [-0.2, -0.15) is 4.98 Å². The van der Waals surface area contributed by atoms with Gasteiger partial charge in [0.1, 0.15) is 16.5 Å². The molecule has 7 heteroatoms. The first-order chi connectivity index (χ1) is 8.42. The average Bonchev–Trinajstić information content (AvgIpc) is 2.25. The molecule has 0 saturated heterocycles. The molecule has 0 saturated carbocycles. The number of nitrogen functional groups attached to an aromatic ring is 1. The van der Waals surface area contributed by atoms with Crippen LogP contribution in [0.2, 0.25) is 0 Å². The van der Waals surface area contributed by atoms with Crippen LogP contribution in [0.5, 0.6) is 0 Å². The van der Waals surface area contributed by atoms with E-state index in [-0.39, 0.29) is 5.97 Å². The number of carbonyl (C=O) groups is 1. The molecule has 1 unspecified atom stereocenters. The Morgan fingerprint density at radius 3 is 2.72 bits per heavy atom. The van der Waals surface area contributed by atoms with Crippen molar-refractivity contribution in [2.24, 2.45) is 5.92 Å². The average molecular weight is 317 g/mol. The first kappa shape index (κ1) is 14.7. The lowest BCUT2D eigenvalue weighted by Gasteiger charge is -2.18. The van der Waals surface area contributed by atoms with Crippen LogP contribution in [0.1, 0.15) is 20.3 Å². The standard InChI is InChI=1S/C11H17BrN4O2/c1-6(2)4-7(10(17)18-3)14-11-15-8(12)5-9(13)16-11/h5-7H,4H2,1-3H3,(H3,13,14,15,16). The molecule has 0 radical (unpaired) electrons. The summed E-state index contributed by atoms with van der Waals surface area (Å²) in [7, 11) is 1.35. The molecule has 1 heterocycles. The first-order valence-electron chi connectivity index (χ1n) is 5.56. The lowest BCUT2D eigenvalue weighted by atomic mass is 10.0. The maximum absolute atomic E-state index is 11.6. The Morgan fingerprint density at radius 1 is 1.56 bits per heavy atom. The van der Waals surface area contributed by atoms with Crippen molar-refractivity contribution in [3.63, 3.8) is 0 Å². The number of ether oxygens (including phenoxy) is 1. The predicted molar refractivity (Wildman–Crippen MR) is 73.0 cm³/mol. The van der Waals surface area contributed by atoms with Crippen LogP contribution in [0.15, 0.2) is 10.7 Å². The van der Waals surface area contributed by atoms with Crippen LogP contribution in [-0.2, 0) is 9.53 Å². The molecule has 0 amide bonds. The minimum absolute atomic E-state index is 0.304. The molecule has 0 aromatic carbocycles. The van der Waals surface area contributed by atoms with E-state index in [1.165, 1.54) is 7.11 Å². The summed E-state index contributed by atoms with van der Waals surface area (Å²) in [4.78, 5) is 19.8. The van der Waals surface area contributed by atoms with E-state index in [4.69, 9.17) is 10.5 Å². The lowest BCUT2D eigenvalue weighted by Crippen LogP contribution is -2.32. The van der Waals surface area contributed by atoms with Gasteiger partial charge in [-0.1, -0.05) is 13.8 Å². The van der Waals surface area contributed by atoms with Gasteiger partial charge in [0.15, 0.2) is 0 Å². The van der Waals surface area contributed by atoms with Crippen LogP contribution in [-0.4, -0.2) is 29.1 Å². The molecule has 0 fully saturated rings. The van der Waals surface area contributed by atoms with Crippen LogP contribution in [0, 0.1) is 5.92 Å². The second kappa shape index (κ2) is 6.53. The maximum atomic E-state index is 11.6. The van der Waals surface area contributed by atoms with Gasteiger partial charge >= 0.3 is 5.97 Å². The lowest BCUT2D eigenvalue weighted by molar-refractivity contribution is -0.141. The van der Waals surface area contributed by atoms with Crippen molar-refractivity contribution in [1.29, 1.82) is 0 Å². The fraction of sp³-hybridized carbons (Fsp3) is 0.545. The number of hydrogen-bond acceptors (Lipinski definition) is 6. The Bertz CT molecular complexity index is 405. The van der Waals surface area contributed by atoms with Crippen LogP contribution < -0.4 is 11.1 Å². The molecule has 0 spiro atoms. The van der Waals surface area contributed by atoms with Gasteiger partial charge in [-0.05, 0) is 28.3 Å². The highest BCUT2D eigenvalue weighted by molar-refractivity contribution is 9.10. The van der Waals surface area contributed by atoms with Crippen LogP contribution in [0.25, 0.3) is 0 Å². The Morgan fingerprint density at radius 2 is 2.22 bits per heavy atom. The van der Waals surface area contributed by atoms with Crippen molar-refractivity contribution in [2.45, 2.75) is 26.3 Å². The number of nitrogens with two attached hydrogens (primary N) is 1. The summed E-state index contributed by atoms with van der Waals surface area (Å²) in [5.41, 5.74) is 5.61. The van der Waals surface area contributed by atoms with E-state index < -0.39 is 6.04 Å². The quantitative estimate of drug-likeness (QED) is 0.636. The first-order valence-corrected chi connectivity index (χ1v) is 6.36. The molecule has 0 aliphatic heterocycles. The van der Waals surface area contributed by atoms with Crippen LogP contribution in [0.4, 0.5) is 11.8 Å². The number of aromatic nitrogens is 2. The zero-order chi connectivity index (χ0) is 13.7. The van der Waals surface area contributed by atoms with Crippen molar-refractivity contribution in [3.05, 3.63) is 10.7 Å². The monoisotopic (exact) mass is 316 g/mol. The molecule has 6 nitrogen and oxygen atoms in total. The fourth-order valence-corrected chi connectivity index (χ4v) is 1.89. The highest BCUT2D eigenvalue weighted by atomic mass is 79.9. The number of nitrogens with one attached hydrogen (secondary N) is 1. The van der Waals surface area contributed by atoms with E-state index in [0.717, 1.165) is 0 Å². The molecule has 0 aliphatic rings. The van der Waals surface area contributed by atoms with Gasteiger partial charge in [0.2, 0.25) is 5.95 Å². The van der Waals surface area contributed by atoms with Crippen molar-refractivity contribution >= 4 is 33.7 Å². The third-order valence-electron chi connectivity index (χ3n) is 2.21. The molecule has 3 N–H and O–H groups in total. The van der Waals surface area contributed by atoms with Crippen molar-refractivity contribution < 1.29 is 9.53 Å². The number of esters is 1. The Hall–Kier alpha value is -1.37. The summed E-state index contributed by atoms with van der Waals surface area (Å²) in [6.07, 6.45) is 0.627. The van der Waals surface area contributed by atoms with Gasteiger partial charge < -0.3 is 15.8 Å². The summed E-state index contributed by atoms with van der Waals surface area (Å²) < 4.78 is 5.31. The number of halogens is 1. The molecular formula is C11H17BrN4O2. The molecule has 1 atom stereocenters. The van der Waals surface area contributed by atoms with Gasteiger partial charge in [-0.15, -0.1) is 0 Å². The molecule has 0 aliphatic carbocycles. The number of carbonyl (C=O) groups excluding carboxylic acids is 1. The zero-order valence-corrected chi connectivity index (χ0v) is 12.2. The molecule has 0 bridgehead atoms. The zero-order valence-electron chi connectivity index (χ0n) is 10.6. The number of methoxy groups -OCH3 is 1. The number of anilines is 2. The molecule has 1 rings (SSSR count). The highest BCUT2D eigenvalue weighted by Crippen LogP contribution is 2.15. The van der Waals surface area contributed by atoms with Gasteiger partial charge in [-0.25, -0.2) is 9.78 Å². The van der Waals surface area contributed by atoms with E-state index >= 15 is 0 Å². The second-order valence-corrected chi connectivity index (χ2v) is 5.10. The summed E-state index contributed by atoms with van der Waals surface area (Å²) in [5, 5.41) is 2.94. The fourth-order valence-electron chi connectivity index (χ4n) is 1.48. The normalized spacial score (nSPS) is 12.3. The van der Waals surface area contributed by atoms with Gasteiger partial charge in [0.05, 0.1) is 7.11 Å². The number of rotatable bonds is 5. The molecule has 1 aromatic heterocycles. The molecular weight excluding hydrogens is 300 g/mol. The van der Waals surface area contributed by atoms with E-state index in [2.05, 4.69) is 31.2 Å². The van der Waals surface area contributed by atoms with Gasteiger partial charge in [0, 0.05) is 6.07 Å². The Labute approximate surface area is 114 Å². The minimum Gasteiger partial charge on any atom is -0.467 e. The van der Waals surface area contributed by atoms with Crippen LogP contribution >= 0.6 is 15.9 Å². The van der Waals surface area contributed by atoms with Crippen molar-refractivity contribution in [1.82, 2.24) is 9.97 Å². The number of nitrogens with zero attached hydrogens (tertiary/aromatic N) is 2. The van der Waals surface area contributed by atoms with Gasteiger partial charge in [-0.3, -0.25) is 0 Å². The SMILES string of the molecule is COC(=O)C(CC(C)C)Nc1nc(N)cc(Br)n1. The third-order valence-corrected chi connectivity index (χ3v) is 2.62. The summed E-state index contributed by atoms with van der Waals surface area (Å²) in [6, 6.07) is 1.10. The Kier molecular flexibility index (Phi) is 5.33. The molecule has 1 aromatic rings. The summed E-state index contributed by atoms with van der Waals surface area (Å²) in [6.45, 7) is 4.04. The smallest absolute Gasteiger partial charge is 0.328 e. The molecule has 100 valence electrons. The highest BCUT2D eigenvalue weighted by Gasteiger charge is 2.21. The van der Waals surface area contributed by atoms with E-state index in [9.17, 15) is 4.79 Å². The molecule has 18 heavy (non-hydrogen) atoms. The van der Waals surface area contributed by atoms with Crippen LogP contribution in [0.3, 0.4) is 0 Å². The van der Waals surface area contributed by atoms with E-state index in [1.807, 2.05) is 13.8 Å². The van der Waals surface area contributed by atoms with E-state index in [0.29, 0.717) is 28.7 Å². The number of hydrogen-bond donors (Lipinski definition) is 2. The topological polar surface area (TPSA) is 90.1 Å². The summed E-state index contributed by atoms with van der Waals surface area (Å²) in [5.74, 6) is 0.627. The Balaban J connectivity index is 2.84. The second-order valence-electron chi connectivity index (χ2n) is 4.29. The summed E-state index contributed by atoms with van der Waals surface area (Å²) >= 11 is 3.22. The third kappa shape index (κ3) is 4.48. The predicted octanol–water partition coefficient (Wildman–Crippen LogP) is 1.82. The van der Waals surface area contributed by atoms with Crippen molar-refractivity contribution in [2.75, 3.05) is 18.2 Å². The maximum Gasteiger partial charge on any atom is 0.328 e. The van der Waals surface area contributed by atoms with Gasteiger partial charge in [0.25, 0.3) is 0 Å². The van der Waals surface area contributed by atoms with Crippen molar-refractivity contribution in [3.8, 4) is 0 Å². The largest absolute Gasteiger partial charge is 0.467 e. The minimum atomic E-state index is -0.483.